The molecule has 4 nitrogen and oxygen atoms in total. The zero-order valence-electron chi connectivity index (χ0n) is 10.6. The lowest BCUT2D eigenvalue weighted by Crippen LogP contribution is -3.05. The number of carbonyl (C=O) groups excluding carboxylic acids is 1. The Bertz CT molecular complexity index is 404. The summed E-state index contributed by atoms with van der Waals surface area (Å²) in [6.07, 6.45) is 0. The van der Waals surface area contributed by atoms with Crippen LogP contribution in [-0.4, -0.2) is 24.8 Å². The lowest BCUT2D eigenvalue weighted by Gasteiger charge is -3.07. The quantitative estimate of drug-likeness (QED) is 0.461. The summed E-state index contributed by atoms with van der Waals surface area (Å²) < 4.78 is 0. The average Bonchev–Trinajstić information content (AvgIpc) is 2.40. The third-order valence-corrected chi connectivity index (χ3v) is 6.46. The predicted molar refractivity (Wildman–Crippen MR) is 61.9 cm³/mol. The minimum atomic E-state index is -0.535. The van der Waals surface area contributed by atoms with Gasteiger partial charge in [-0.3, -0.25) is 4.89 Å². The summed E-state index contributed by atoms with van der Waals surface area (Å²) in [6.45, 7) is 5.39. The Morgan fingerprint density at radius 3 is 1.94 bits per heavy atom. The Hall–Kier alpha value is -0.870. The number of carbonyl (C=O) groups is 1. The molecule has 6 saturated carbocycles. The van der Waals surface area contributed by atoms with Crippen LogP contribution in [0.1, 0.15) is 6.92 Å². The van der Waals surface area contributed by atoms with E-state index in [1.807, 2.05) is 0 Å². The monoisotopic (exact) mass is 250 g/mol. The summed E-state index contributed by atoms with van der Waals surface area (Å²) in [7, 11) is 1.26. The number of aliphatic hydroxyl groups excluding tert-OH is 1. The van der Waals surface area contributed by atoms with Crippen LogP contribution in [0.5, 0.6) is 0 Å². The third-order valence-electron chi connectivity index (χ3n) is 6.46. The summed E-state index contributed by atoms with van der Waals surface area (Å²) in [5.74, 6) is 7.24. The number of rotatable bonds is 3. The molecular formula is C14H18O4. The molecule has 0 spiro atoms. The summed E-state index contributed by atoms with van der Waals surface area (Å²) in [5, 5.41) is 9.22. The first kappa shape index (κ1) is 11.0. The van der Waals surface area contributed by atoms with Crippen molar-refractivity contribution in [3.05, 3.63) is 12.2 Å². The van der Waals surface area contributed by atoms with Crippen LogP contribution < -0.4 is 0 Å². The van der Waals surface area contributed by atoms with Crippen molar-refractivity contribution >= 4 is 5.97 Å². The molecule has 0 amide bonds. The van der Waals surface area contributed by atoms with Crippen LogP contribution in [0.2, 0.25) is 0 Å². The highest BCUT2D eigenvalue weighted by atomic mass is 17.2. The molecule has 6 aliphatic rings. The molecule has 0 bridgehead atoms. The molecule has 6 fully saturated rings. The molecule has 6 rings (SSSR count). The first-order valence-electron chi connectivity index (χ1n) is 6.62. The first-order valence-corrected chi connectivity index (χ1v) is 6.62. The Balaban J connectivity index is 0.000000103. The smallest absolute Gasteiger partial charge is 0.368 e. The van der Waals surface area contributed by atoms with E-state index in [1.165, 1.54) is 13.0 Å². The van der Waals surface area contributed by atoms with Crippen LogP contribution in [0.15, 0.2) is 12.2 Å². The van der Waals surface area contributed by atoms with Gasteiger partial charge >= 0.3 is 5.97 Å². The summed E-state index contributed by atoms with van der Waals surface area (Å²) >= 11 is 0. The minimum Gasteiger partial charge on any atom is -0.396 e. The SMILES string of the molecule is C=C(C)C(=O)OOC.OCC12C3C4C5C3C1C5C42. The van der Waals surface area contributed by atoms with Crippen molar-refractivity contribution in [2.24, 2.45) is 46.8 Å². The summed E-state index contributed by atoms with van der Waals surface area (Å²) in [6, 6.07) is 0. The molecule has 0 radical (unpaired) electrons. The van der Waals surface area contributed by atoms with Gasteiger partial charge < -0.3 is 5.11 Å². The fourth-order valence-electron chi connectivity index (χ4n) is 6.13. The molecule has 0 aromatic rings. The molecule has 0 aliphatic heterocycles. The summed E-state index contributed by atoms with van der Waals surface area (Å²) in [5.41, 5.74) is 0.890. The van der Waals surface area contributed by atoms with Gasteiger partial charge in [0.2, 0.25) is 0 Å². The van der Waals surface area contributed by atoms with Gasteiger partial charge in [-0.2, -0.15) is 4.89 Å². The van der Waals surface area contributed by atoms with Gasteiger partial charge in [-0.1, -0.05) is 6.58 Å². The van der Waals surface area contributed by atoms with Crippen LogP contribution in [0, 0.1) is 46.8 Å². The largest absolute Gasteiger partial charge is 0.396 e. The van der Waals surface area contributed by atoms with E-state index in [4.69, 9.17) is 0 Å². The lowest BCUT2D eigenvalue weighted by molar-refractivity contribution is -0.617. The van der Waals surface area contributed by atoms with E-state index in [9.17, 15) is 9.90 Å². The van der Waals surface area contributed by atoms with E-state index in [0.29, 0.717) is 17.6 Å². The normalized spacial score (nSPS) is 57.2. The van der Waals surface area contributed by atoms with Gasteiger partial charge in [0.05, 0.1) is 7.11 Å². The van der Waals surface area contributed by atoms with Crippen molar-refractivity contribution in [2.75, 3.05) is 13.7 Å². The van der Waals surface area contributed by atoms with Crippen molar-refractivity contribution in [1.29, 1.82) is 0 Å². The van der Waals surface area contributed by atoms with Gasteiger partial charge in [0.1, 0.15) is 0 Å². The third kappa shape index (κ3) is 0.758. The fourth-order valence-corrected chi connectivity index (χ4v) is 6.13. The molecule has 6 aliphatic carbocycles. The van der Waals surface area contributed by atoms with Crippen LogP contribution in [-0.2, 0) is 14.6 Å². The van der Waals surface area contributed by atoms with Crippen LogP contribution in [0.3, 0.4) is 0 Å². The molecule has 98 valence electrons. The Morgan fingerprint density at radius 1 is 1.22 bits per heavy atom. The highest BCUT2D eigenvalue weighted by Gasteiger charge is 3.03. The maximum Gasteiger partial charge on any atom is 0.368 e. The molecule has 1 N–H and O–H groups in total. The number of hydrogen-bond donors (Lipinski definition) is 1. The van der Waals surface area contributed by atoms with Gasteiger partial charge in [-0.25, -0.2) is 4.79 Å². The Labute approximate surface area is 106 Å². The van der Waals surface area contributed by atoms with E-state index in [0.717, 1.165) is 35.5 Å². The van der Waals surface area contributed by atoms with Gasteiger partial charge in [0, 0.05) is 17.6 Å². The second-order valence-electron chi connectivity index (χ2n) is 6.48. The maximum atomic E-state index is 10.3. The van der Waals surface area contributed by atoms with E-state index in [1.54, 1.807) is 6.92 Å². The minimum absolute atomic E-state index is 0.326. The predicted octanol–water partition coefficient (Wildman–Crippen LogP) is 1.01. The van der Waals surface area contributed by atoms with Gasteiger partial charge in [0.25, 0.3) is 0 Å². The van der Waals surface area contributed by atoms with Gasteiger partial charge in [0.15, 0.2) is 0 Å². The molecule has 0 unspecified atom stereocenters. The molecule has 0 atom stereocenters. The highest BCUT2D eigenvalue weighted by molar-refractivity contribution is 5.86. The number of aliphatic hydroxyl groups is 1. The highest BCUT2D eigenvalue weighted by Crippen LogP contribution is 3.05. The lowest BCUT2D eigenvalue weighted by atomic mass is 8.97. The Morgan fingerprint density at radius 2 is 1.72 bits per heavy atom. The second-order valence-corrected chi connectivity index (χ2v) is 6.48. The molecule has 0 saturated heterocycles. The van der Waals surface area contributed by atoms with Crippen molar-refractivity contribution in [3.63, 3.8) is 0 Å². The van der Waals surface area contributed by atoms with E-state index in [-0.39, 0.29) is 0 Å². The van der Waals surface area contributed by atoms with E-state index in [2.05, 4.69) is 16.4 Å². The van der Waals surface area contributed by atoms with E-state index >= 15 is 0 Å². The van der Waals surface area contributed by atoms with Crippen LogP contribution in [0.25, 0.3) is 0 Å². The molecule has 4 heteroatoms. The van der Waals surface area contributed by atoms with Crippen molar-refractivity contribution in [1.82, 2.24) is 0 Å². The zero-order valence-corrected chi connectivity index (χ0v) is 10.6. The molecule has 18 heavy (non-hydrogen) atoms. The molecule has 0 aromatic heterocycles. The molecular weight excluding hydrogens is 232 g/mol. The molecule has 0 aromatic carbocycles. The van der Waals surface area contributed by atoms with Gasteiger partial charge in [-0.05, 0) is 48.3 Å². The number of hydrogen-bond acceptors (Lipinski definition) is 4. The van der Waals surface area contributed by atoms with Crippen molar-refractivity contribution < 1.29 is 19.7 Å². The second kappa shape index (κ2) is 2.99. The first-order chi connectivity index (χ1) is 8.61. The van der Waals surface area contributed by atoms with Gasteiger partial charge in [-0.15, -0.1) is 0 Å². The summed E-state index contributed by atoms with van der Waals surface area (Å²) in [4.78, 5) is 18.4. The fraction of sp³-hybridized carbons (Fsp3) is 0.786. The van der Waals surface area contributed by atoms with E-state index < -0.39 is 5.97 Å². The van der Waals surface area contributed by atoms with Crippen molar-refractivity contribution in [2.45, 2.75) is 6.92 Å². The van der Waals surface area contributed by atoms with Crippen LogP contribution in [0.4, 0.5) is 0 Å². The standard InChI is InChI=1S/C9H10O.C5H8O3/c10-1-9-6-3-2-4(6)8(9)5(2)7(3)9;1-4(2)5(6)8-7-3/h2-8,10H,1H2;1H2,2-3H3. The maximum absolute atomic E-state index is 10.3. The average molecular weight is 250 g/mol. The van der Waals surface area contributed by atoms with Crippen molar-refractivity contribution in [3.8, 4) is 0 Å². The molecule has 0 heterocycles. The van der Waals surface area contributed by atoms with Crippen LogP contribution >= 0.6 is 0 Å². The topological polar surface area (TPSA) is 55.8 Å². The Kier molecular flexibility index (Phi) is 1.83. The zero-order chi connectivity index (χ0) is 12.8.